The first kappa shape index (κ1) is 12.5. The second-order valence-corrected chi connectivity index (χ2v) is 5.24. The van der Waals surface area contributed by atoms with Gasteiger partial charge in [0.1, 0.15) is 0 Å². The quantitative estimate of drug-likeness (QED) is 0.660. The fraction of sp³-hybridized carbons (Fsp3) is 0.571. The van der Waals surface area contributed by atoms with Crippen molar-refractivity contribution in [3.05, 3.63) is 35.4 Å². The highest BCUT2D eigenvalue weighted by Crippen LogP contribution is 2.42. The summed E-state index contributed by atoms with van der Waals surface area (Å²) in [4.78, 5) is 0. The van der Waals surface area contributed by atoms with Crippen molar-refractivity contribution in [3.8, 4) is 0 Å². The molecule has 1 aromatic rings. The normalized spacial score (nSPS) is 29.6. The standard InChI is InChI=1S/C14H17F3/c1-9-7-12(8-10(9)2)11-3-5-13(6-4-11)14(15,16)17/h3-6,9-10,12H,7-8H2,1-2H3/t9-,10?,12?/m1/s1. The molecule has 0 bridgehead atoms. The van der Waals surface area contributed by atoms with Gasteiger partial charge < -0.3 is 0 Å². The van der Waals surface area contributed by atoms with Crippen LogP contribution in [0.2, 0.25) is 0 Å². The Morgan fingerprint density at radius 3 is 1.82 bits per heavy atom. The molecule has 1 aliphatic carbocycles. The lowest BCUT2D eigenvalue weighted by atomic mass is 9.95. The molecule has 2 unspecified atom stereocenters. The highest BCUT2D eigenvalue weighted by atomic mass is 19.4. The SMILES string of the molecule is CC1CC(c2ccc(C(F)(F)F)cc2)C[C@H]1C. The largest absolute Gasteiger partial charge is 0.416 e. The van der Waals surface area contributed by atoms with E-state index in [-0.39, 0.29) is 0 Å². The van der Waals surface area contributed by atoms with Crippen molar-refractivity contribution in [2.75, 3.05) is 0 Å². The van der Waals surface area contributed by atoms with Crippen LogP contribution in [0.4, 0.5) is 13.2 Å². The van der Waals surface area contributed by atoms with Gasteiger partial charge in [0.2, 0.25) is 0 Å². The molecule has 1 fully saturated rings. The number of benzene rings is 1. The Balaban J connectivity index is 2.14. The summed E-state index contributed by atoms with van der Waals surface area (Å²) in [6, 6.07) is 5.67. The first-order valence-electron chi connectivity index (χ1n) is 6.05. The monoisotopic (exact) mass is 242 g/mol. The Kier molecular flexibility index (Phi) is 3.19. The Morgan fingerprint density at radius 2 is 1.41 bits per heavy atom. The van der Waals surface area contributed by atoms with Crippen molar-refractivity contribution >= 4 is 0 Å². The summed E-state index contributed by atoms with van der Waals surface area (Å²) in [6.45, 7) is 4.43. The van der Waals surface area contributed by atoms with E-state index < -0.39 is 11.7 Å². The third-order valence-electron chi connectivity index (χ3n) is 3.99. The summed E-state index contributed by atoms with van der Waals surface area (Å²) in [6.07, 6.45) is -2.05. The molecule has 0 spiro atoms. The molecule has 2 rings (SSSR count). The van der Waals surface area contributed by atoms with E-state index in [1.807, 2.05) is 0 Å². The van der Waals surface area contributed by atoms with Crippen molar-refractivity contribution in [1.29, 1.82) is 0 Å². The van der Waals surface area contributed by atoms with E-state index in [1.165, 1.54) is 12.1 Å². The molecule has 0 aliphatic heterocycles. The minimum Gasteiger partial charge on any atom is -0.166 e. The van der Waals surface area contributed by atoms with Gasteiger partial charge in [-0.15, -0.1) is 0 Å². The van der Waals surface area contributed by atoms with Gasteiger partial charge in [-0.1, -0.05) is 26.0 Å². The third kappa shape index (κ3) is 2.64. The molecular weight excluding hydrogens is 225 g/mol. The van der Waals surface area contributed by atoms with E-state index in [1.54, 1.807) is 12.1 Å². The van der Waals surface area contributed by atoms with Crippen LogP contribution < -0.4 is 0 Å². The maximum absolute atomic E-state index is 12.4. The van der Waals surface area contributed by atoms with Crippen LogP contribution in [0, 0.1) is 11.8 Å². The van der Waals surface area contributed by atoms with Crippen molar-refractivity contribution in [1.82, 2.24) is 0 Å². The van der Waals surface area contributed by atoms with Crippen molar-refractivity contribution < 1.29 is 13.2 Å². The van der Waals surface area contributed by atoms with E-state index in [0.717, 1.165) is 18.4 Å². The Morgan fingerprint density at radius 1 is 0.941 bits per heavy atom. The summed E-state index contributed by atoms with van der Waals surface area (Å²) in [5.74, 6) is 1.77. The van der Waals surface area contributed by atoms with E-state index in [0.29, 0.717) is 17.8 Å². The highest BCUT2D eigenvalue weighted by Gasteiger charge is 2.32. The fourth-order valence-electron chi connectivity index (χ4n) is 2.67. The van der Waals surface area contributed by atoms with Crippen LogP contribution in [-0.2, 0) is 6.18 Å². The van der Waals surface area contributed by atoms with Gasteiger partial charge in [0, 0.05) is 0 Å². The number of alkyl halides is 3. The van der Waals surface area contributed by atoms with Gasteiger partial charge in [0.15, 0.2) is 0 Å². The van der Waals surface area contributed by atoms with Gasteiger partial charge in [-0.3, -0.25) is 0 Å². The number of halogens is 3. The molecule has 1 aromatic carbocycles. The van der Waals surface area contributed by atoms with Crippen molar-refractivity contribution in [2.45, 2.75) is 38.8 Å². The van der Waals surface area contributed by atoms with Crippen LogP contribution in [0.5, 0.6) is 0 Å². The van der Waals surface area contributed by atoms with E-state index >= 15 is 0 Å². The minimum atomic E-state index is -4.23. The Labute approximate surface area is 99.8 Å². The zero-order chi connectivity index (χ0) is 12.6. The van der Waals surface area contributed by atoms with Crippen LogP contribution in [0.25, 0.3) is 0 Å². The van der Waals surface area contributed by atoms with Gasteiger partial charge >= 0.3 is 6.18 Å². The number of hydrogen-bond donors (Lipinski definition) is 0. The maximum atomic E-state index is 12.4. The first-order chi connectivity index (χ1) is 7.88. The van der Waals surface area contributed by atoms with Gasteiger partial charge in [0.05, 0.1) is 5.56 Å². The van der Waals surface area contributed by atoms with E-state index in [9.17, 15) is 13.2 Å². The average Bonchev–Trinajstić information content (AvgIpc) is 2.58. The van der Waals surface area contributed by atoms with Crippen LogP contribution in [0.3, 0.4) is 0 Å². The molecule has 94 valence electrons. The first-order valence-corrected chi connectivity index (χ1v) is 6.05. The van der Waals surface area contributed by atoms with Gasteiger partial charge in [-0.2, -0.15) is 13.2 Å². The predicted molar refractivity (Wildman–Crippen MR) is 61.7 cm³/mol. The lowest BCUT2D eigenvalue weighted by Crippen LogP contribution is -2.05. The minimum absolute atomic E-state index is 0.433. The van der Waals surface area contributed by atoms with Crippen LogP contribution in [0.1, 0.15) is 43.7 Å². The third-order valence-corrected chi connectivity index (χ3v) is 3.99. The Hall–Kier alpha value is -0.990. The summed E-state index contributed by atoms with van der Waals surface area (Å²) >= 11 is 0. The lowest BCUT2D eigenvalue weighted by Gasteiger charge is -2.12. The molecule has 0 N–H and O–H groups in total. The van der Waals surface area contributed by atoms with Crippen molar-refractivity contribution in [2.24, 2.45) is 11.8 Å². The smallest absolute Gasteiger partial charge is 0.166 e. The predicted octanol–water partition coefficient (Wildman–Crippen LogP) is 4.86. The zero-order valence-electron chi connectivity index (χ0n) is 10.1. The fourth-order valence-corrected chi connectivity index (χ4v) is 2.67. The molecule has 0 heterocycles. The van der Waals surface area contributed by atoms with E-state index in [2.05, 4.69) is 13.8 Å². The van der Waals surface area contributed by atoms with E-state index in [4.69, 9.17) is 0 Å². The molecule has 17 heavy (non-hydrogen) atoms. The molecular formula is C14H17F3. The van der Waals surface area contributed by atoms with Crippen LogP contribution >= 0.6 is 0 Å². The molecule has 1 aliphatic rings. The molecule has 3 atom stereocenters. The lowest BCUT2D eigenvalue weighted by molar-refractivity contribution is -0.137. The van der Waals surface area contributed by atoms with Crippen LogP contribution in [0.15, 0.2) is 24.3 Å². The molecule has 3 heteroatoms. The summed E-state index contributed by atoms with van der Waals surface area (Å²) in [7, 11) is 0. The summed E-state index contributed by atoms with van der Waals surface area (Å²) in [5, 5.41) is 0. The summed E-state index contributed by atoms with van der Waals surface area (Å²) in [5.41, 5.74) is 0.495. The number of rotatable bonds is 1. The topological polar surface area (TPSA) is 0 Å². The average molecular weight is 242 g/mol. The second kappa shape index (κ2) is 4.35. The summed E-state index contributed by atoms with van der Waals surface area (Å²) < 4.78 is 37.3. The van der Waals surface area contributed by atoms with Gasteiger partial charge in [-0.05, 0) is 48.3 Å². The molecule has 1 saturated carbocycles. The maximum Gasteiger partial charge on any atom is 0.416 e. The molecule has 0 radical (unpaired) electrons. The zero-order valence-corrected chi connectivity index (χ0v) is 10.1. The molecule has 0 nitrogen and oxygen atoms in total. The van der Waals surface area contributed by atoms with Crippen molar-refractivity contribution in [3.63, 3.8) is 0 Å². The van der Waals surface area contributed by atoms with Gasteiger partial charge in [-0.25, -0.2) is 0 Å². The molecule has 0 saturated heterocycles. The van der Waals surface area contributed by atoms with Crippen LogP contribution in [-0.4, -0.2) is 0 Å². The molecule has 0 aromatic heterocycles. The molecule has 0 amide bonds. The number of hydrogen-bond acceptors (Lipinski definition) is 0. The van der Waals surface area contributed by atoms with Gasteiger partial charge in [0.25, 0.3) is 0 Å². The Bertz CT molecular complexity index is 367. The highest BCUT2D eigenvalue weighted by molar-refractivity contribution is 5.27. The second-order valence-electron chi connectivity index (χ2n) is 5.24.